The molecule has 0 saturated carbocycles. The zero-order valence-electron chi connectivity index (χ0n) is 15.0. The molecule has 2 amide bonds. The van der Waals surface area contributed by atoms with Crippen molar-refractivity contribution in [1.82, 2.24) is 10.2 Å². The normalized spacial score (nSPS) is 16.5. The lowest BCUT2D eigenvalue weighted by Gasteiger charge is -2.17. The van der Waals surface area contributed by atoms with Crippen LogP contribution in [0.4, 0.5) is 0 Å². The third kappa shape index (κ3) is 5.20. The second-order valence-electron chi connectivity index (χ2n) is 6.36. The number of nitrogens with one attached hydrogen (secondary N) is 1. The Morgan fingerprint density at radius 3 is 2.52 bits per heavy atom. The summed E-state index contributed by atoms with van der Waals surface area (Å²) >= 11 is 3.38. The second kappa shape index (κ2) is 8.86. The van der Waals surface area contributed by atoms with Crippen molar-refractivity contribution in [2.24, 2.45) is 0 Å². The lowest BCUT2D eigenvalue weighted by Crippen LogP contribution is -2.37. The Kier molecular flexibility index (Phi) is 6.29. The molecule has 27 heavy (non-hydrogen) atoms. The Morgan fingerprint density at radius 1 is 1.15 bits per heavy atom. The molecule has 3 rings (SSSR count). The number of rotatable bonds is 5. The average Bonchev–Trinajstić information content (AvgIpc) is 3.15. The summed E-state index contributed by atoms with van der Waals surface area (Å²) < 4.78 is 6.11. The van der Waals surface area contributed by atoms with Gasteiger partial charge in [-0.3, -0.25) is 9.59 Å². The van der Waals surface area contributed by atoms with Crippen LogP contribution in [0.1, 0.15) is 22.3 Å². The van der Waals surface area contributed by atoms with Crippen molar-refractivity contribution in [2.45, 2.75) is 12.5 Å². The predicted molar refractivity (Wildman–Crippen MR) is 109 cm³/mol. The zero-order valence-corrected chi connectivity index (χ0v) is 16.6. The fourth-order valence-corrected chi connectivity index (χ4v) is 3.24. The van der Waals surface area contributed by atoms with Crippen LogP contribution in [-0.2, 0) is 4.79 Å². The van der Waals surface area contributed by atoms with E-state index in [0.29, 0.717) is 18.7 Å². The summed E-state index contributed by atoms with van der Waals surface area (Å²) in [6, 6.07) is 14.7. The van der Waals surface area contributed by atoms with E-state index in [-0.39, 0.29) is 17.9 Å². The van der Waals surface area contributed by atoms with Gasteiger partial charge in [0, 0.05) is 35.2 Å². The van der Waals surface area contributed by atoms with E-state index in [1.165, 1.54) is 6.08 Å². The Morgan fingerprint density at radius 2 is 1.85 bits per heavy atom. The highest BCUT2D eigenvalue weighted by Gasteiger charge is 2.27. The molecule has 0 aromatic heterocycles. The number of nitrogens with zero attached hydrogens (tertiary/aromatic N) is 1. The van der Waals surface area contributed by atoms with Gasteiger partial charge in [0.25, 0.3) is 5.91 Å². The summed E-state index contributed by atoms with van der Waals surface area (Å²) in [5.41, 5.74) is 1.58. The second-order valence-corrected chi connectivity index (χ2v) is 7.27. The van der Waals surface area contributed by atoms with Crippen molar-refractivity contribution >= 4 is 33.8 Å². The number of halogens is 1. The summed E-state index contributed by atoms with van der Waals surface area (Å²) in [6.45, 7) is 1.15. The van der Waals surface area contributed by atoms with Crippen LogP contribution in [0, 0.1) is 0 Å². The molecular weight excluding hydrogens is 408 g/mol. The molecule has 5 nitrogen and oxygen atoms in total. The van der Waals surface area contributed by atoms with E-state index in [0.717, 1.165) is 22.2 Å². The largest absolute Gasteiger partial charge is 0.497 e. The molecule has 1 fully saturated rings. The molecule has 1 aliphatic rings. The molecule has 140 valence electrons. The molecule has 2 aromatic carbocycles. The van der Waals surface area contributed by atoms with Crippen LogP contribution in [0.25, 0.3) is 6.08 Å². The van der Waals surface area contributed by atoms with E-state index >= 15 is 0 Å². The van der Waals surface area contributed by atoms with E-state index in [1.807, 2.05) is 24.3 Å². The van der Waals surface area contributed by atoms with Gasteiger partial charge in [0.1, 0.15) is 5.75 Å². The number of carbonyl (C=O) groups is 2. The minimum atomic E-state index is -0.151. The minimum absolute atomic E-state index is 0.0280. The van der Waals surface area contributed by atoms with Crippen LogP contribution in [0.15, 0.2) is 59.1 Å². The number of benzene rings is 2. The quantitative estimate of drug-likeness (QED) is 0.741. The van der Waals surface area contributed by atoms with Gasteiger partial charge in [-0.1, -0.05) is 28.1 Å². The van der Waals surface area contributed by atoms with Gasteiger partial charge in [0.05, 0.1) is 7.11 Å². The van der Waals surface area contributed by atoms with E-state index in [4.69, 9.17) is 4.74 Å². The smallest absolute Gasteiger partial charge is 0.253 e. The van der Waals surface area contributed by atoms with Gasteiger partial charge < -0.3 is 15.0 Å². The van der Waals surface area contributed by atoms with Crippen LogP contribution >= 0.6 is 15.9 Å². The third-order valence-corrected chi connectivity index (χ3v) is 4.98. The van der Waals surface area contributed by atoms with Crippen molar-refractivity contribution in [3.63, 3.8) is 0 Å². The van der Waals surface area contributed by atoms with Crippen LogP contribution in [0.5, 0.6) is 5.75 Å². The number of ether oxygens (including phenoxy) is 1. The maximum atomic E-state index is 12.6. The van der Waals surface area contributed by atoms with Crippen LogP contribution < -0.4 is 10.1 Å². The summed E-state index contributed by atoms with van der Waals surface area (Å²) in [5, 5.41) is 2.97. The lowest BCUT2D eigenvalue weighted by molar-refractivity contribution is -0.117. The van der Waals surface area contributed by atoms with Crippen molar-refractivity contribution in [3.05, 3.63) is 70.2 Å². The molecule has 1 heterocycles. The molecule has 2 aromatic rings. The van der Waals surface area contributed by atoms with E-state index < -0.39 is 0 Å². The highest BCUT2D eigenvalue weighted by Crippen LogP contribution is 2.17. The van der Waals surface area contributed by atoms with Gasteiger partial charge in [-0.2, -0.15) is 0 Å². The monoisotopic (exact) mass is 428 g/mol. The zero-order chi connectivity index (χ0) is 19.2. The van der Waals surface area contributed by atoms with Crippen LogP contribution in [0.2, 0.25) is 0 Å². The average molecular weight is 429 g/mol. The topological polar surface area (TPSA) is 58.6 Å². The van der Waals surface area contributed by atoms with Gasteiger partial charge >= 0.3 is 0 Å². The molecule has 0 radical (unpaired) electrons. The Hall–Kier alpha value is -2.60. The van der Waals surface area contributed by atoms with Crippen molar-refractivity contribution < 1.29 is 14.3 Å². The van der Waals surface area contributed by atoms with Crippen molar-refractivity contribution in [3.8, 4) is 5.75 Å². The first kappa shape index (κ1) is 19.2. The molecular formula is C21H21BrN2O3. The Balaban J connectivity index is 1.51. The predicted octanol–water partition coefficient (Wildman–Crippen LogP) is 3.50. The molecule has 0 bridgehead atoms. The first-order valence-corrected chi connectivity index (χ1v) is 9.52. The standard InChI is InChI=1S/C21H21BrN2O3/c1-27-19-9-5-16(6-10-19)21(26)24-13-12-18(14-24)23-20(25)11-4-15-2-7-17(22)8-3-15/h2-11,18H,12-14H2,1H3,(H,23,25)/b11-4+. The van der Waals surface area contributed by atoms with Gasteiger partial charge in [0.2, 0.25) is 5.91 Å². The van der Waals surface area contributed by atoms with Crippen molar-refractivity contribution in [2.75, 3.05) is 20.2 Å². The maximum Gasteiger partial charge on any atom is 0.253 e. The molecule has 6 heteroatoms. The SMILES string of the molecule is COc1ccc(C(=O)N2CCC(NC(=O)/C=C/c3ccc(Br)cc3)C2)cc1. The van der Waals surface area contributed by atoms with Crippen molar-refractivity contribution in [1.29, 1.82) is 0 Å². The van der Waals surface area contributed by atoms with Gasteiger partial charge in [-0.05, 0) is 54.5 Å². The van der Waals surface area contributed by atoms with E-state index in [2.05, 4.69) is 21.2 Å². The lowest BCUT2D eigenvalue weighted by atomic mass is 10.2. The third-order valence-electron chi connectivity index (χ3n) is 4.46. The number of hydrogen-bond donors (Lipinski definition) is 1. The number of methoxy groups -OCH3 is 1. The maximum absolute atomic E-state index is 12.6. The molecule has 0 aliphatic carbocycles. The van der Waals surface area contributed by atoms with Gasteiger partial charge in [0.15, 0.2) is 0 Å². The number of carbonyl (C=O) groups excluding carboxylic acids is 2. The molecule has 1 N–H and O–H groups in total. The fourth-order valence-electron chi connectivity index (χ4n) is 2.97. The first-order valence-electron chi connectivity index (χ1n) is 8.72. The Bertz CT molecular complexity index is 832. The van der Waals surface area contributed by atoms with Crippen LogP contribution in [0.3, 0.4) is 0 Å². The summed E-state index contributed by atoms with van der Waals surface area (Å²) in [4.78, 5) is 26.5. The number of amides is 2. The molecule has 1 atom stereocenters. The highest BCUT2D eigenvalue weighted by molar-refractivity contribution is 9.10. The van der Waals surface area contributed by atoms with E-state index in [9.17, 15) is 9.59 Å². The molecule has 1 aliphatic heterocycles. The Labute approximate surface area is 167 Å². The number of hydrogen-bond acceptors (Lipinski definition) is 3. The van der Waals surface area contributed by atoms with Gasteiger partial charge in [-0.15, -0.1) is 0 Å². The van der Waals surface area contributed by atoms with Crippen LogP contribution in [-0.4, -0.2) is 43.0 Å². The molecule has 1 saturated heterocycles. The molecule has 1 unspecified atom stereocenters. The summed E-state index contributed by atoms with van der Waals surface area (Å²) in [5.74, 6) is 0.539. The van der Waals surface area contributed by atoms with E-state index in [1.54, 1.807) is 42.4 Å². The summed E-state index contributed by atoms with van der Waals surface area (Å²) in [7, 11) is 1.59. The summed E-state index contributed by atoms with van der Waals surface area (Å²) in [6.07, 6.45) is 4.05. The number of likely N-dealkylation sites (tertiary alicyclic amines) is 1. The minimum Gasteiger partial charge on any atom is -0.497 e. The highest BCUT2D eigenvalue weighted by atomic mass is 79.9. The molecule has 0 spiro atoms. The fraction of sp³-hybridized carbons (Fsp3) is 0.238. The first-order chi connectivity index (χ1) is 13.0. The van der Waals surface area contributed by atoms with Gasteiger partial charge in [-0.25, -0.2) is 0 Å².